The van der Waals surface area contributed by atoms with Crippen molar-refractivity contribution in [3.8, 4) is 0 Å². The minimum absolute atomic E-state index is 0.0309. The molecule has 2 amide bonds. The Kier molecular flexibility index (Phi) is 6.25. The highest BCUT2D eigenvalue weighted by molar-refractivity contribution is 6.05. The standard InChI is InChI=1S/C21H21N3O5/c1-28-13-20(26)23-15-9-7-14(8-10-15)22-19(25)12-24-11-17(21(27)29-2)16-5-3-4-6-18(16)24/h3-11H,12-13H2,1-2H3,(H,22,25)(H,23,26). The zero-order valence-electron chi connectivity index (χ0n) is 16.1. The topological polar surface area (TPSA) is 98.7 Å². The van der Waals surface area contributed by atoms with E-state index in [9.17, 15) is 14.4 Å². The van der Waals surface area contributed by atoms with Gasteiger partial charge in [0.15, 0.2) is 0 Å². The average molecular weight is 395 g/mol. The maximum atomic E-state index is 12.5. The number of aromatic nitrogens is 1. The molecular weight excluding hydrogens is 374 g/mol. The lowest BCUT2D eigenvalue weighted by atomic mass is 10.2. The van der Waals surface area contributed by atoms with E-state index in [0.29, 0.717) is 16.9 Å². The van der Waals surface area contributed by atoms with E-state index in [1.807, 2.05) is 24.3 Å². The van der Waals surface area contributed by atoms with E-state index >= 15 is 0 Å². The highest BCUT2D eigenvalue weighted by Gasteiger charge is 2.16. The van der Waals surface area contributed by atoms with E-state index in [4.69, 9.17) is 9.47 Å². The van der Waals surface area contributed by atoms with E-state index in [2.05, 4.69) is 10.6 Å². The third-order valence-electron chi connectivity index (χ3n) is 4.24. The molecule has 0 aliphatic heterocycles. The Labute approximate surface area is 167 Å². The fraction of sp³-hybridized carbons (Fsp3) is 0.190. The van der Waals surface area contributed by atoms with Crippen LogP contribution in [0.3, 0.4) is 0 Å². The van der Waals surface area contributed by atoms with E-state index in [-0.39, 0.29) is 25.0 Å². The number of amides is 2. The number of fused-ring (bicyclic) bond motifs is 1. The Morgan fingerprint density at radius 1 is 0.897 bits per heavy atom. The fourth-order valence-corrected chi connectivity index (χ4v) is 2.97. The molecule has 29 heavy (non-hydrogen) atoms. The van der Waals surface area contributed by atoms with Crippen LogP contribution in [-0.4, -0.2) is 43.2 Å². The third-order valence-corrected chi connectivity index (χ3v) is 4.24. The van der Waals surface area contributed by atoms with Crippen molar-refractivity contribution in [2.24, 2.45) is 0 Å². The van der Waals surface area contributed by atoms with Crippen LogP contribution in [0.15, 0.2) is 54.7 Å². The zero-order chi connectivity index (χ0) is 20.8. The third kappa shape index (κ3) is 4.80. The van der Waals surface area contributed by atoms with Crippen molar-refractivity contribution in [3.05, 3.63) is 60.3 Å². The lowest BCUT2D eigenvalue weighted by molar-refractivity contribution is -0.119. The number of hydrogen-bond acceptors (Lipinski definition) is 5. The number of rotatable bonds is 7. The maximum Gasteiger partial charge on any atom is 0.340 e. The number of carbonyl (C=O) groups excluding carboxylic acids is 3. The number of nitrogens with one attached hydrogen (secondary N) is 2. The summed E-state index contributed by atoms with van der Waals surface area (Å²) in [6, 6.07) is 14.1. The van der Waals surface area contributed by atoms with Gasteiger partial charge in [-0.1, -0.05) is 18.2 Å². The smallest absolute Gasteiger partial charge is 0.340 e. The lowest BCUT2D eigenvalue weighted by Gasteiger charge is -2.09. The second-order valence-electron chi connectivity index (χ2n) is 6.29. The molecule has 0 unspecified atom stereocenters. The van der Waals surface area contributed by atoms with Gasteiger partial charge in [-0.3, -0.25) is 9.59 Å². The van der Waals surface area contributed by atoms with Crippen LogP contribution in [0.2, 0.25) is 0 Å². The van der Waals surface area contributed by atoms with Gasteiger partial charge >= 0.3 is 5.97 Å². The molecule has 0 saturated heterocycles. The van der Waals surface area contributed by atoms with Crippen molar-refractivity contribution >= 4 is 40.1 Å². The molecule has 1 aromatic heterocycles. The highest BCUT2D eigenvalue weighted by atomic mass is 16.5. The summed E-state index contributed by atoms with van der Waals surface area (Å²) in [5.74, 6) is -0.963. The van der Waals surface area contributed by atoms with Crippen molar-refractivity contribution in [2.75, 3.05) is 31.5 Å². The molecule has 8 heteroatoms. The summed E-state index contributed by atoms with van der Waals surface area (Å²) in [5.41, 5.74) is 2.36. The largest absolute Gasteiger partial charge is 0.465 e. The van der Waals surface area contributed by atoms with Crippen LogP contribution >= 0.6 is 0 Å². The van der Waals surface area contributed by atoms with Crippen molar-refractivity contribution in [2.45, 2.75) is 6.54 Å². The van der Waals surface area contributed by atoms with Gasteiger partial charge in [-0.25, -0.2) is 4.79 Å². The summed E-state index contributed by atoms with van der Waals surface area (Å²) in [6.45, 7) is 0.000704. The second kappa shape index (κ2) is 9.03. The molecule has 0 atom stereocenters. The van der Waals surface area contributed by atoms with Crippen LogP contribution in [0.1, 0.15) is 10.4 Å². The van der Waals surface area contributed by atoms with E-state index in [0.717, 1.165) is 10.9 Å². The van der Waals surface area contributed by atoms with Gasteiger partial charge < -0.3 is 24.7 Å². The predicted octanol–water partition coefficient (Wildman–Crippen LogP) is 2.65. The molecule has 2 N–H and O–H groups in total. The first kappa shape index (κ1) is 20.1. The van der Waals surface area contributed by atoms with Crippen LogP contribution in [0.25, 0.3) is 10.9 Å². The Hall–Kier alpha value is -3.65. The summed E-state index contributed by atoms with van der Waals surface area (Å²) in [5, 5.41) is 6.20. The summed E-state index contributed by atoms with van der Waals surface area (Å²) < 4.78 is 11.3. The molecule has 0 spiro atoms. The number of methoxy groups -OCH3 is 2. The normalized spacial score (nSPS) is 10.6. The Morgan fingerprint density at radius 2 is 1.52 bits per heavy atom. The minimum Gasteiger partial charge on any atom is -0.465 e. The molecule has 0 bridgehead atoms. The molecule has 0 fully saturated rings. The first-order valence-electron chi connectivity index (χ1n) is 8.86. The van der Waals surface area contributed by atoms with Crippen LogP contribution in [0, 0.1) is 0 Å². The van der Waals surface area contributed by atoms with Crippen LogP contribution in [-0.2, 0) is 25.6 Å². The number of hydrogen-bond donors (Lipinski definition) is 2. The van der Waals surface area contributed by atoms with Crippen molar-refractivity contribution < 1.29 is 23.9 Å². The molecule has 0 aliphatic rings. The monoisotopic (exact) mass is 395 g/mol. The average Bonchev–Trinajstić information content (AvgIpc) is 3.07. The molecule has 3 rings (SSSR count). The van der Waals surface area contributed by atoms with Gasteiger partial charge in [0, 0.05) is 35.6 Å². The number of nitrogens with zero attached hydrogens (tertiary/aromatic N) is 1. The molecule has 1 heterocycles. The zero-order valence-corrected chi connectivity index (χ0v) is 16.1. The van der Waals surface area contributed by atoms with E-state index in [1.54, 1.807) is 35.0 Å². The van der Waals surface area contributed by atoms with Gasteiger partial charge in [-0.15, -0.1) is 0 Å². The molecule has 150 valence electrons. The summed E-state index contributed by atoms with van der Waals surface area (Å²) in [7, 11) is 2.77. The number of para-hydroxylation sites is 1. The van der Waals surface area contributed by atoms with Crippen LogP contribution in [0.4, 0.5) is 11.4 Å². The number of esters is 1. The van der Waals surface area contributed by atoms with Crippen LogP contribution < -0.4 is 10.6 Å². The number of benzene rings is 2. The minimum atomic E-state index is -0.452. The molecular formula is C21H21N3O5. The quantitative estimate of drug-likeness (QED) is 0.599. The Balaban J connectivity index is 1.70. The van der Waals surface area contributed by atoms with Gasteiger partial charge in [0.05, 0.1) is 12.7 Å². The predicted molar refractivity (Wildman–Crippen MR) is 109 cm³/mol. The Morgan fingerprint density at radius 3 is 2.14 bits per heavy atom. The summed E-state index contributed by atoms with van der Waals surface area (Å²) >= 11 is 0. The van der Waals surface area contributed by atoms with Crippen molar-refractivity contribution in [1.29, 1.82) is 0 Å². The summed E-state index contributed by atoms with van der Waals surface area (Å²) in [6.07, 6.45) is 1.62. The number of anilines is 2. The molecule has 8 nitrogen and oxygen atoms in total. The Bertz CT molecular complexity index is 1040. The van der Waals surface area contributed by atoms with E-state index in [1.165, 1.54) is 14.2 Å². The van der Waals surface area contributed by atoms with Gasteiger partial charge in [0.2, 0.25) is 11.8 Å². The van der Waals surface area contributed by atoms with Gasteiger partial charge in [0.1, 0.15) is 13.2 Å². The maximum absolute atomic E-state index is 12.5. The highest BCUT2D eigenvalue weighted by Crippen LogP contribution is 2.22. The van der Waals surface area contributed by atoms with Gasteiger partial charge in [-0.2, -0.15) is 0 Å². The molecule has 0 saturated carbocycles. The second-order valence-corrected chi connectivity index (χ2v) is 6.29. The summed E-state index contributed by atoms with van der Waals surface area (Å²) in [4.78, 5) is 36.0. The molecule has 3 aromatic rings. The number of carbonyl (C=O) groups is 3. The van der Waals surface area contributed by atoms with Crippen LogP contribution in [0.5, 0.6) is 0 Å². The van der Waals surface area contributed by atoms with Gasteiger partial charge in [0.25, 0.3) is 0 Å². The van der Waals surface area contributed by atoms with E-state index < -0.39 is 5.97 Å². The van der Waals surface area contributed by atoms with Crippen molar-refractivity contribution in [1.82, 2.24) is 4.57 Å². The van der Waals surface area contributed by atoms with Gasteiger partial charge in [-0.05, 0) is 30.3 Å². The first-order valence-corrected chi connectivity index (χ1v) is 8.86. The lowest BCUT2D eigenvalue weighted by Crippen LogP contribution is -2.19. The molecule has 0 radical (unpaired) electrons. The van der Waals surface area contributed by atoms with Crippen molar-refractivity contribution in [3.63, 3.8) is 0 Å². The molecule has 2 aromatic carbocycles. The SMILES string of the molecule is COCC(=O)Nc1ccc(NC(=O)Cn2cc(C(=O)OC)c3ccccc32)cc1. The number of ether oxygens (including phenoxy) is 2. The fourth-order valence-electron chi connectivity index (χ4n) is 2.97. The molecule has 0 aliphatic carbocycles. The first-order chi connectivity index (χ1) is 14.0.